The van der Waals surface area contributed by atoms with Gasteiger partial charge in [-0.15, -0.1) is 10.2 Å². The Morgan fingerprint density at radius 3 is 2.85 bits per heavy atom. The Kier molecular flexibility index (Phi) is 4.81. The van der Waals surface area contributed by atoms with Crippen molar-refractivity contribution in [3.05, 3.63) is 66.7 Å². The quantitative estimate of drug-likeness (QED) is 0.548. The molecule has 0 aliphatic rings. The van der Waals surface area contributed by atoms with Crippen LogP contribution in [0.4, 0.5) is 5.13 Å². The molecule has 0 saturated carbocycles. The molecular weight excluding hydrogens is 344 g/mol. The summed E-state index contributed by atoms with van der Waals surface area (Å²) in [6.45, 7) is 0.495. The molecule has 0 fully saturated rings. The minimum Gasteiger partial charge on any atom is -0.356 e. The average molecular weight is 362 g/mol. The summed E-state index contributed by atoms with van der Waals surface area (Å²) in [5, 5.41) is 15.9. The fourth-order valence-electron chi connectivity index (χ4n) is 2.75. The van der Waals surface area contributed by atoms with Gasteiger partial charge in [-0.1, -0.05) is 29.5 Å². The molecule has 26 heavy (non-hydrogen) atoms. The molecule has 0 radical (unpaired) electrons. The third-order valence-corrected chi connectivity index (χ3v) is 5.01. The molecular formula is C19H18N6S. The number of rotatable bonds is 6. The van der Waals surface area contributed by atoms with Gasteiger partial charge < -0.3 is 11.1 Å². The zero-order chi connectivity index (χ0) is 17.8. The first-order valence-electron chi connectivity index (χ1n) is 8.36. The molecule has 130 valence electrons. The van der Waals surface area contributed by atoms with Crippen molar-refractivity contribution in [1.82, 2.24) is 20.2 Å². The normalized spacial score (nSPS) is 12.2. The van der Waals surface area contributed by atoms with Gasteiger partial charge in [0.05, 0.1) is 0 Å². The van der Waals surface area contributed by atoms with Gasteiger partial charge in [0.2, 0.25) is 5.13 Å². The molecule has 0 aliphatic heterocycles. The number of nitrogens with one attached hydrogen (secondary N) is 1. The number of aromatic nitrogens is 4. The third kappa shape index (κ3) is 3.68. The molecule has 3 N–H and O–H groups in total. The largest absolute Gasteiger partial charge is 0.356 e. The molecule has 1 atom stereocenters. The van der Waals surface area contributed by atoms with Crippen LogP contribution in [0.5, 0.6) is 0 Å². The Morgan fingerprint density at radius 2 is 2.00 bits per heavy atom. The number of hydrogen-bond acceptors (Lipinski definition) is 7. The van der Waals surface area contributed by atoms with E-state index in [9.17, 15) is 0 Å². The summed E-state index contributed by atoms with van der Waals surface area (Å²) in [5.41, 5.74) is 7.96. The van der Waals surface area contributed by atoms with E-state index in [-0.39, 0.29) is 6.04 Å². The van der Waals surface area contributed by atoms with Crippen LogP contribution >= 0.6 is 11.3 Å². The maximum Gasteiger partial charge on any atom is 0.206 e. The van der Waals surface area contributed by atoms with E-state index in [1.54, 1.807) is 12.4 Å². The van der Waals surface area contributed by atoms with Gasteiger partial charge in [0, 0.05) is 54.2 Å². The van der Waals surface area contributed by atoms with Gasteiger partial charge in [-0.25, -0.2) is 0 Å². The molecule has 6 nitrogen and oxygen atoms in total. The lowest BCUT2D eigenvalue weighted by Gasteiger charge is -2.14. The Balaban J connectivity index is 1.51. The first-order valence-corrected chi connectivity index (χ1v) is 9.17. The Bertz CT molecular complexity index is 1000. The van der Waals surface area contributed by atoms with Crippen LogP contribution < -0.4 is 11.1 Å². The first kappa shape index (κ1) is 16.6. The summed E-state index contributed by atoms with van der Waals surface area (Å²) in [6.07, 6.45) is 6.19. The number of fused-ring (bicyclic) bond motifs is 1. The second kappa shape index (κ2) is 7.55. The summed E-state index contributed by atoms with van der Waals surface area (Å²) in [6, 6.07) is 14.2. The van der Waals surface area contributed by atoms with Gasteiger partial charge in [-0.3, -0.25) is 9.97 Å². The van der Waals surface area contributed by atoms with E-state index in [2.05, 4.69) is 37.6 Å². The van der Waals surface area contributed by atoms with Crippen molar-refractivity contribution in [2.24, 2.45) is 5.73 Å². The van der Waals surface area contributed by atoms with E-state index >= 15 is 0 Å². The van der Waals surface area contributed by atoms with Crippen molar-refractivity contribution in [2.75, 3.05) is 11.9 Å². The first-order chi connectivity index (χ1) is 12.8. The molecule has 0 saturated heterocycles. The van der Waals surface area contributed by atoms with Gasteiger partial charge in [-0.05, 0) is 29.7 Å². The standard InChI is InChI=1S/C19H18N6S/c20-11-17(10-16-3-1-2-7-22-16)23-19-25-24-18(26-19)14-4-5-15-12-21-8-6-13(15)9-14/h1-9,12,17H,10-11,20H2,(H,23,25). The lowest BCUT2D eigenvalue weighted by Crippen LogP contribution is -2.31. The molecule has 4 rings (SSSR count). The average Bonchev–Trinajstić information content (AvgIpc) is 3.16. The van der Waals surface area contributed by atoms with Crippen molar-refractivity contribution in [3.63, 3.8) is 0 Å². The van der Waals surface area contributed by atoms with Crippen molar-refractivity contribution >= 4 is 27.2 Å². The number of benzene rings is 1. The van der Waals surface area contributed by atoms with E-state index in [4.69, 9.17) is 5.73 Å². The Morgan fingerprint density at radius 1 is 1.04 bits per heavy atom. The van der Waals surface area contributed by atoms with Crippen LogP contribution in [0.1, 0.15) is 5.69 Å². The van der Waals surface area contributed by atoms with Crippen LogP contribution in [0, 0.1) is 0 Å². The van der Waals surface area contributed by atoms with Gasteiger partial charge in [0.15, 0.2) is 0 Å². The van der Waals surface area contributed by atoms with Crippen molar-refractivity contribution in [1.29, 1.82) is 0 Å². The molecule has 1 unspecified atom stereocenters. The molecule has 4 aromatic rings. The van der Waals surface area contributed by atoms with Gasteiger partial charge in [0.25, 0.3) is 0 Å². The number of anilines is 1. The van der Waals surface area contributed by atoms with Crippen LogP contribution in [-0.4, -0.2) is 32.8 Å². The van der Waals surface area contributed by atoms with E-state index in [1.165, 1.54) is 11.3 Å². The summed E-state index contributed by atoms with van der Waals surface area (Å²) in [4.78, 5) is 8.50. The topological polar surface area (TPSA) is 89.6 Å². The zero-order valence-electron chi connectivity index (χ0n) is 14.0. The SMILES string of the molecule is NCC(Cc1ccccn1)Nc1nnc(-c2ccc3cnccc3c2)s1. The van der Waals surface area contributed by atoms with Gasteiger partial charge in [-0.2, -0.15) is 0 Å². The second-order valence-electron chi connectivity index (χ2n) is 5.95. The second-order valence-corrected chi connectivity index (χ2v) is 6.93. The predicted molar refractivity (Wildman–Crippen MR) is 105 cm³/mol. The maximum absolute atomic E-state index is 5.91. The number of nitrogens with zero attached hydrogens (tertiary/aromatic N) is 4. The van der Waals surface area contributed by atoms with Crippen LogP contribution in [0.2, 0.25) is 0 Å². The van der Waals surface area contributed by atoms with Crippen LogP contribution in [0.15, 0.2) is 61.1 Å². The fraction of sp³-hybridized carbons (Fsp3) is 0.158. The van der Waals surface area contributed by atoms with Crippen molar-refractivity contribution in [3.8, 4) is 10.6 Å². The summed E-state index contributed by atoms with van der Waals surface area (Å²) >= 11 is 1.52. The minimum atomic E-state index is 0.0633. The molecule has 0 aliphatic carbocycles. The number of nitrogens with two attached hydrogens (primary N) is 1. The van der Waals surface area contributed by atoms with Gasteiger partial charge >= 0.3 is 0 Å². The maximum atomic E-state index is 5.91. The highest BCUT2D eigenvalue weighted by Gasteiger charge is 2.13. The smallest absolute Gasteiger partial charge is 0.206 e. The van der Waals surface area contributed by atoms with Crippen molar-refractivity contribution < 1.29 is 0 Å². The van der Waals surface area contributed by atoms with Gasteiger partial charge in [0.1, 0.15) is 5.01 Å². The highest BCUT2D eigenvalue weighted by molar-refractivity contribution is 7.18. The highest BCUT2D eigenvalue weighted by atomic mass is 32.1. The third-order valence-electron chi connectivity index (χ3n) is 4.11. The Hall–Kier alpha value is -2.90. The molecule has 0 spiro atoms. The van der Waals surface area contributed by atoms with Crippen molar-refractivity contribution in [2.45, 2.75) is 12.5 Å². The molecule has 3 aromatic heterocycles. The van der Waals surface area contributed by atoms with Crippen LogP contribution in [-0.2, 0) is 6.42 Å². The fourth-order valence-corrected chi connectivity index (χ4v) is 3.57. The number of hydrogen-bond donors (Lipinski definition) is 2. The number of pyridine rings is 2. The summed E-state index contributed by atoms with van der Waals surface area (Å²) in [5.74, 6) is 0. The van der Waals surface area contributed by atoms with E-state index < -0.39 is 0 Å². The molecule has 0 amide bonds. The van der Waals surface area contributed by atoms with E-state index in [1.807, 2.05) is 36.5 Å². The summed E-state index contributed by atoms with van der Waals surface area (Å²) < 4.78 is 0. The monoisotopic (exact) mass is 362 g/mol. The lowest BCUT2D eigenvalue weighted by molar-refractivity contribution is 0.708. The van der Waals surface area contributed by atoms with E-state index in [0.717, 1.165) is 38.6 Å². The molecule has 0 bridgehead atoms. The van der Waals surface area contributed by atoms with Crippen LogP contribution in [0.25, 0.3) is 21.3 Å². The summed E-state index contributed by atoms with van der Waals surface area (Å²) in [7, 11) is 0. The lowest BCUT2D eigenvalue weighted by atomic mass is 10.1. The molecule has 1 aromatic carbocycles. The van der Waals surface area contributed by atoms with Crippen LogP contribution in [0.3, 0.4) is 0 Å². The molecule has 7 heteroatoms. The predicted octanol–water partition coefficient (Wildman–Crippen LogP) is 3.13. The highest BCUT2D eigenvalue weighted by Crippen LogP contribution is 2.29. The minimum absolute atomic E-state index is 0.0633. The molecule has 3 heterocycles. The van der Waals surface area contributed by atoms with E-state index in [0.29, 0.717) is 6.54 Å². The Labute approximate surface area is 155 Å². The zero-order valence-corrected chi connectivity index (χ0v) is 14.9.